The Kier molecular flexibility index (Phi) is 4.83. The minimum Gasteiger partial charge on any atom is -0.444 e. The van der Waals surface area contributed by atoms with E-state index in [0.29, 0.717) is 6.04 Å². The molecule has 1 amide bonds. The second-order valence-electron chi connectivity index (χ2n) is 8.00. The van der Waals surface area contributed by atoms with Crippen molar-refractivity contribution in [1.82, 2.24) is 15.1 Å². The highest BCUT2D eigenvalue weighted by atomic mass is 16.6. The first kappa shape index (κ1) is 16.6. The van der Waals surface area contributed by atoms with E-state index in [1.807, 2.05) is 25.7 Å². The van der Waals surface area contributed by atoms with Crippen LogP contribution in [0, 0.1) is 0 Å². The minimum atomic E-state index is -0.416. The van der Waals surface area contributed by atoms with Gasteiger partial charge in [0.2, 0.25) is 0 Å². The van der Waals surface area contributed by atoms with Crippen molar-refractivity contribution in [2.45, 2.75) is 64.6 Å². The molecule has 5 heteroatoms. The fraction of sp³-hybridized carbons (Fsp3) is 0.938. The molecule has 21 heavy (non-hydrogen) atoms. The summed E-state index contributed by atoms with van der Waals surface area (Å²) in [5.41, 5.74) is -0.256. The van der Waals surface area contributed by atoms with Gasteiger partial charge in [0.05, 0.1) is 0 Å². The third kappa shape index (κ3) is 4.85. The van der Waals surface area contributed by atoms with Gasteiger partial charge in [-0.05, 0) is 47.5 Å². The molecule has 0 bridgehead atoms. The predicted octanol–water partition coefficient (Wildman–Crippen LogP) is 2.07. The van der Waals surface area contributed by atoms with Crippen LogP contribution in [0.2, 0.25) is 0 Å². The summed E-state index contributed by atoms with van der Waals surface area (Å²) in [5.74, 6) is 0. The normalized spacial score (nSPS) is 27.5. The zero-order valence-electron chi connectivity index (χ0n) is 14.2. The highest BCUT2D eigenvalue weighted by Gasteiger charge is 2.34. The number of carbonyl (C=O) groups is 1. The van der Waals surface area contributed by atoms with Crippen molar-refractivity contribution in [3.63, 3.8) is 0 Å². The van der Waals surface area contributed by atoms with Crippen LogP contribution < -0.4 is 5.32 Å². The Morgan fingerprint density at radius 2 is 2.00 bits per heavy atom. The number of rotatable bonds is 1. The molecular formula is C16H31N3O2. The summed E-state index contributed by atoms with van der Waals surface area (Å²) in [6.45, 7) is 15.0. The number of nitrogens with one attached hydrogen (secondary N) is 1. The third-order valence-corrected chi connectivity index (χ3v) is 4.17. The third-order valence-electron chi connectivity index (χ3n) is 4.17. The largest absolute Gasteiger partial charge is 0.444 e. The van der Waals surface area contributed by atoms with E-state index in [1.54, 1.807) is 0 Å². The Hall–Kier alpha value is -0.810. The minimum absolute atomic E-state index is 0.159. The van der Waals surface area contributed by atoms with Gasteiger partial charge in [-0.1, -0.05) is 0 Å². The summed E-state index contributed by atoms with van der Waals surface area (Å²) in [7, 11) is 0. The molecule has 0 radical (unpaired) electrons. The average molecular weight is 297 g/mol. The number of piperazine rings is 1. The van der Waals surface area contributed by atoms with Crippen LogP contribution in [0.1, 0.15) is 47.5 Å². The van der Waals surface area contributed by atoms with Gasteiger partial charge in [-0.3, -0.25) is 4.90 Å². The van der Waals surface area contributed by atoms with Crippen LogP contribution in [0.4, 0.5) is 4.79 Å². The van der Waals surface area contributed by atoms with Gasteiger partial charge < -0.3 is 15.0 Å². The molecule has 1 atom stereocenters. The smallest absolute Gasteiger partial charge is 0.410 e. The molecule has 0 aromatic heterocycles. The zero-order valence-corrected chi connectivity index (χ0v) is 14.2. The van der Waals surface area contributed by atoms with Gasteiger partial charge >= 0.3 is 6.09 Å². The lowest BCUT2D eigenvalue weighted by atomic mass is 9.97. The Morgan fingerprint density at radius 3 is 2.62 bits per heavy atom. The van der Waals surface area contributed by atoms with Gasteiger partial charge in [0.25, 0.3) is 0 Å². The number of carbonyl (C=O) groups excluding carboxylic acids is 1. The van der Waals surface area contributed by atoms with E-state index in [1.165, 1.54) is 6.42 Å². The topological polar surface area (TPSA) is 44.8 Å². The summed E-state index contributed by atoms with van der Waals surface area (Å²) < 4.78 is 5.51. The second kappa shape index (κ2) is 6.13. The number of likely N-dealkylation sites (tertiary alicyclic amines) is 1. The summed E-state index contributed by atoms with van der Waals surface area (Å²) >= 11 is 0. The van der Waals surface area contributed by atoms with E-state index in [2.05, 4.69) is 24.1 Å². The van der Waals surface area contributed by atoms with E-state index < -0.39 is 5.60 Å². The lowest BCUT2D eigenvalue weighted by Crippen LogP contribution is -2.62. The first-order chi connectivity index (χ1) is 9.66. The lowest BCUT2D eigenvalue weighted by molar-refractivity contribution is 0.00532. The number of amides is 1. The van der Waals surface area contributed by atoms with Crippen LogP contribution in [-0.2, 0) is 4.74 Å². The number of ether oxygens (including phenoxy) is 1. The molecule has 2 rings (SSSR count). The Morgan fingerprint density at radius 1 is 1.29 bits per heavy atom. The molecule has 122 valence electrons. The van der Waals surface area contributed by atoms with Crippen molar-refractivity contribution in [3.8, 4) is 0 Å². The fourth-order valence-electron chi connectivity index (χ4n) is 3.24. The number of nitrogens with zero attached hydrogens (tertiary/aromatic N) is 2. The van der Waals surface area contributed by atoms with Gasteiger partial charge in [-0.25, -0.2) is 4.79 Å². The molecule has 2 heterocycles. The van der Waals surface area contributed by atoms with Gasteiger partial charge in [0, 0.05) is 44.3 Å². The second-order valence-corrected chi connectivity index (χ2v) is 8.00. The van der Waals surface area contributed by atoms with Crippen molar-refractivity contribution in [1.29, 1.82) is 0 Å². The molecule has 0 aromatic carbocycles. The van der Waals surface area contributed by atoms with Crippen LogP contribution >= 0.6 is 0 Å². The number of hydrogen-bond acceptors (Lipinski definition) is 4. The zero-order chi connectivity index (χ0) is 15.7. The maximum absolute atomic E-state index is 12.2. The molecule has 2 aliphatic heterocycles. The van der Waals surface area contributed by atoms with Crippen LogP contribution in [0.5, 0.6) is 0 Å². The summed E-state index contributed by atoms with van der Waals surface area (Å²) in [4.78, 5) is 16.7. The first-order valence-electron chi connectivity index (χ1n) is 8.13. The van der Waals surface area contributed by atoms with Crippen LogP contribution in [0.3, 0.4) is 0 Å². The Bertz CT molecular complexity index is 376. The molecule has 0 aliphatic carbocycles. The van der Waals surface area contributed by atoms with E-state index >= 15 is 0 Å². The SMILES string of the molecule is CC1(C)CN(C2CCCN(C(=O)OC(C)(C)C)C2)CCN1. The molecule has 2 saturated heterocycles. The van der Waals surface area contributed by atoms with Crippen LogP contribution in [0.25, 0.3) is 0 Å². The van der Waals surface area contributed by atoms with E-state index in [4.69, 9.17) is 4.74 Å². The molecule has 0 saturated carbocycles. The molecule has 2 fully saturated rings. The van der Waals surface area contributed by atoms with Crippen molar-refractivity contribution >= 4 is 6.09 Å². The maximum atomic E-state index is 12.2. The van der Waals surface area contributed by atoms with Crippen molar-refractivity contribution in [2.75, 3.05) is 32.7 Å². The molecular weight excluding hydrogens is 266 g/mol. The van der Waals surface area contributed by atoms with Gasteiger partial charge in [-0.2, -0.15) is 0 Å². The molecule has 1 unspecified atom stereocenters. The Labute approximate surface area is 129 Å². The molecule has 0 spiro atoms. The maximum Gasteiger partial charge on any atom is 0.410 e. The molecule has 2 aliphatic rings. The monoisotopic (exact) mass is 297 g/mol. The summed E-state index contributed by atoms with van der Waals surface area (Å²) in [6.07, 6.45) is 2.07. The predicted molar refractivity (Wildman–Crippen MR) is 84.5 cm³/mol. The highest BCUT2D eigenvalue weighted by Crippen LogP contribution is 2.21. The summed E-state index contributed by atoms with van der Waals surface area (Å²) in [6, 6.07) is 0.465. The molecule has 1 N–H and O–H groups in total. The lowest BCUT2D eigenvalue weighted by Gasteiger charge is -2.46. The van der Waals surface area contributed by atoms with E-state index in [0.717, 1.165) is 39.1 Å². The molecule has 0 aromatic rings. The number of piperidine rings is 1. The quantitative estimate of drug-likeness (QED) is 0.805. The average Bonchev–Trinajstić information content (AvgIpc) is 2.36. The van der Waals surface area contributed by atoms with Crippen LogP contribution in [0.15, 0.2) is 0 Å². The molecule has 5 nitrogen and oxygen atoms in total. The Balaban J connectivity index is 1.93. The van der Waals surface area contributed by atoms with Gasteiger partial charge in [-0.15, -0.1) is 0 Å². The first-order valence-corrected chi connectivity index (χ1v) is 8.13. The highest BCUT2D eigenvalue weighted by molar-refractivity contribution is 5.68. The van der Waals surface area contributed by atoms with Crippen LogP contribution in [-0.4, -0.2) is 65.8 Å². The standard InChI is InChI=1S/C16H31N3O2/c1-15(2,3)21-14(20)18-9-6-7-13(11-18)19-10-8-17-16(4,5)12-19/h13,17H,6-12H2,1-5H3. The van der Waals surface area contributed by atoms with Crippen molar-refractivity contribution < 1.29 is 9.53 Å². The fourth-order valence-corrected chi connectivity index (χ4v) is 3.24. The van der Waals surface area contributed by atoms with Crippen molar-refractivity contribution in [2.24, 2.45) is 0 Å². The van der Waals surface area contributed by atoms with E-state index in [-0.39, 0.29) is 11.6 Å². The number of hydrogen-bond donors (Lipinski definition) is 1. The van der Waals surface area contributed by atoms with Gasteiger partial charge in [0.1, 0.15) is 5.60 Å². The van der Waals surface area contributed by atoms with Crippen molar-refractivity contribution in [3.05, 3.63) is 0 Å². The summed E-state index contributed by atoms with van der Waals surface area (Å²) in [5, 5.41) is 3.55. The van der Waals surface area contributed by atoms with E-state index in [9.17, 15) is 4.79 Å². The van der Waals surface area contributed by atoms with Gasteiger partial charge in [0.15, 0.2) is 0 Å².